The third kappa shape index (κ3) is 5.72. The third-order valence-corrected chi connectivity index (χ3v) is 3.12. The van der Waals surface area contributed by atoms with Crippen LogP contribution in [0.1, 0.15) is 19.4 Å². The van der Waals surface area contributed by atoms with E-state index in [-0.39, 0.29) is 11.8 Å². The van der Waals surface area contributed by atoms with Gasteiger partial charge in [-0.1, -0.05) is 26.0 Å². The maximum absolute atomic E-state index is 12.0. The molecule has 1 rings (SSSR count). The third-order valence-electron chi connectivity index (χ3n) is 3.12. The maximum atomic E-state index is 12.0. The Balaban J connectivity index is 2.45. The summed E-state index contributed by atoms with van der Waals surface area (Å²) in [5.41, 5.74) is 6.17. The summed E-state index contributed by atoms with van der Waals surface area (Å²) in [7, 11) is 1.62. The van der Waals surface area contributed by atoms with Crippen molar-refractivity contribution in [3.05, 3.63) is 29.8 Å². The van der Waals surface area contributed by atoms with Gasteiger partial charge in [0.2, 0.25) is 5.91 Å². The van der Waals surface area contributed by atoms with E-state index in [2.05, 4.69) is 10.6 Å². The van der Waals surface area contributed by atoms with Crippen molar-refractivity contribution in [2.45, 2.75) is 26.3 Å². The van der Waals surface area contributed by atoms with Crippen molar-refractivity contribution in [2.75, 3.05) is 13.7 Å². The summed E-state index contributed by atoms with van der Waals surface area (Å²) in [6, 6.07) is 6.35. The maximum Gasteiger partial charge on any atom is 0.312 e. The molecule has 6 heteroatoms. The first-order chi connectivity index (χ1) is 9.93. The quantitative estimate of drug-likeness (QED) is 0.701. The standard InChI is InChI=1S/C15H23N3O3/c1-10(2)13(18-15(16)20)14(19)17-9-8-11-4-6-12(21-3)7-5-11/h4-7,10,13H,8-9H2,1-3H3,(H,17,19)(H3,16,18,20)/t13-/m1/s1. The fourth-order valence-electron chi connectivity index (χ4n) is 1.92. The fourth-order valence-corrected chi connectivity index (χ4v) is 1.92. The largest absolute Gasteiger partial charge is 0.497 e. The van der Waals surface area contributed by atoms with Gasteiger partial charge in [-0.25, -0.2) is 4.79 Å². The molecule has 1 atom stereocenters. The van der Waals surface area contributed by atoms with Crippen molar-refractivity contribution in [3.8, 4) is 5.75 Å². The van der Waals surface area contributed by atoms with Gasteiger partial charge in [0.1, 0.15) is 11.8 Å². The van der Waals surface area contributed by atoms with Crippen molar-refractivity contribution < 1.29 is 14.3 Å². The summed E-state index contributed by atoms with van der Waals surface area (Å²) in [5.74, 6) is 0.545. The number of methoxy groups -OCH3 is 1. The van der Waals surface area contributed by atoms with Crippen LogP contribution in [0.5, 0.6) is 5.75 Å². The van der Waals surface area contributed by atoms with Crippen LogP contribution in [0, 0.1) is 5.92 Å². The zero-order valence-corrected chi connectivity index (χ0v) is 12.7. The van der Waals surface area contributed by atoms with Crippen LogP contribution in [0.3, 0.4) is 0 Å². The van der Waals surface area contributed by atoms with Crippen LogP contribution in [-0.4, -0.2) is 31.6 Å². The van der Waals surface area contributed by atoms with Crippen LogP contribution >= 0.6 is 0 Å². The fraction of sp³-hybridized carbons (Fsp3) is 0.467. The lowest BCUT2D eigenvalue weighted by Crippen LogP contribution is -2.51. The first-order valence-electron chi connectivity index (χ1n) is 6.90. The SMILES string of the molecule is COc1ccc(CCNC(=O)[C@H](NC(N)=O)C(C)C)cc1. The second kappa shape index (κ2) is 8.14. The molecule has 0 spiro atoms. The van der Waals surface area contributed by atoms with Crippen molar-refractivity contribution in [1.29, 1.82) is 0 Å². The van der Waals surface area contributed by atoms with Crippen molar-refractivity contribution in [1.82, 2.24) is 10.6 Å². The van der Waals surface area contributed by atoms with Gasteiger partial charge in [-0.15, -0.1) is 0 Å². The van der Waals surface area contributed by atoms with Crippen LogP contribution in [0.15, 0.2) is 24.3 Å². The Morgan fingerprint density at radius 2 is 1.86 bits per heavy atom. The van der Waals surface area contributed by atoms with Gasteiger partial charge in [0.15, 0.2) is 0 Å². The highest BCUT2D eigenvalue weighted by Crippen LogP contribution is 2.11. The van der Waals surface area contributed by atoms with E-state index < -0.39 is 12.1 Å². The first kappa shape index (κ1) is 16.8. The molecule has 21 heavy (non-hydrogen) atoms. The molecule has 3 amide bonds. The van der Waals surface area contributed by atoms with E-state index in [1.54, 1.807) is 7.11 Å². The number of rotatable bonds is 7. The Hall–Kier alpha value is -2.24. The zero-order chi connectivity index (χ0) is 15.8. The van der Waals surface area contributed by atoms with Crippen LogP contribution in [0.2, 0.25) is 0 Å². The van der Waals surface area contributed by atoms with E-state index in [0.717, 1.165) is 11.3 Å². The molecule has 4 N–H and O–H groups in total. The minimum atomic E-state index is -0.695. The smallest absolute Gasteiger partial charge is 0.312 e. The summed E-state index contributed by atoms with van der Waals surface area (Å²) in [4.78, 5) is 22.9. The summed E-state index contributed by atoms with van der Waals surface area (Å²) in [5, 5.41) is 5.26. The van der Waals surface area contributed by atoms with E-state index >= 15 is 0 Å². The summed E-state index contributed by atoms with van der Waals surface area (Å²) < 4.78 is 5.08. The van der Waals surface area contributed by atoms with E-state index in [4.69, 9.17) is 10.5 Å². The molecule has 0 saturated heterocycles. The van der Waals surface area contributed by atoms with E-state index in [1.807, 2.05) is 38.1 Å². The predicted octanol–water partition coefficient (Wildman–Crippen LogP) is 1.05. The number of primary amides is 1. The molecule has 0 heterocycles. The number of benzene rings is 1. The normalized spacial score (nSPS) is 11.8. The molecule has 0 bridgehead atoms. The van der Waals surface area contributed by atoms with Crippen molar-refractivity contribution >= 4 is 11.9 Å². The highest BCUT2D eigenvalue weighted by atomic mass is 16.5. The van der Waals surface area contributed by atoms with E-state index in [9.17, 15) is 9.59 Å². The van der Waals surface area contributed by atoms with Gasteiger partial charge in [-0.2, -0.15) is 0 Å². The summed E-state index contributed by atoms with van der Waals surface area (Å²) >= 11 is 0. The second-order valence-corrected chi connectivity index (χ2v) is 5.12. The monoisotopic (exact) mass is 293 g/mol. The topological polar surface area (TPSA) is 93.4 Å². The molecule has 0 radical (unpaired) electrons. The average molecular weight is 293 g/mol. The molecule has 0 fully saturated rings. The van der Waals surface area contributed by atoms with Crippen molar-refractivity contribution in [3.63, 3.8) is 0 Å². The molecular formula is C15H23N3O3. The number of urea groups is 1. The lowest BCUT2D eigenvalue weighted by molar-refractivity contribution is -0.123. The summed E-state index contributed by atoms with van der Waals surface area (Å²) in [6.07, 6.45) is 0.705. The zero-order valence-electron chi connectivity index (χ0n) is 12.7. The van der Waals surface area contributed by atoms with Gasteiger partial charge in [0.05, 0.1) is 7.11 Å². The van der Waals surface area contributed by atoms with Crippen LogP contribution < -0.4 is 21.1 Å². The van der Waals surface area contributed by atoms with Gasteiger partial charge in [0.25, 0.3) is 0 Å². The van der Waals surface area contributed by atoms with Gasteiger partial charge >= 0.3 is 6.03 Å². The Morgan fingerprint density at radius 1 is 1.24 bits per heavy atom. The molecule has 116 valence electrons. The van der Waals surface area contributed by atoms with Gasteiger partial charge < -0.3 is 21.1 Å². The number of amides is 3. The lowest BCUT2D eigenvalue weighted by atomic mass is 10.0. The Bertz CT molecular complexity index is 472. The molecule has 0 aliphatic carbocycles. The molecule has 1 aromatic carbocycles. The minimum absolute atomic E-state index is 0.0292. The first-order valence-corrected chi connectivity index (χ1v) is 6.90. The van der Waals surface area contributed by atoms with Crippen molar-refractivity contribution in [2.24, 2.45) is 11.7 Å². The van der Waals surface area contributed by atoms with E-state index in [0.29, 0.717) is 13.0 Å². The molecule has 0 aromatic heterocycles. The average Bonchev–Trinajstić information content (AvgIpc) is 2.45. The summed E-state index contributed by atoms with van der Waals surface area (Å²) in [6.45, 7) is 4.20. The van der Waals surface area contributed by atoms with E-state index in [1.165, 1.54) is 0 Å². The van der Waals surface area contributed by atoms with Crippen LogP contribution in [0.4, 0.5) is 4.79 Å². The number of nitrogens with two attached hydrogens (primary N) is 1. The van der Waals surface area contributed by atoms with Crippen LogP contribution in [-0.2, 0) is 11.2 Å². The minimum Gasteiger partial charge on any atom is -0.497 e. The Kier molecular flexibility index (Phi) is 6.52. The molecule has 0 unspecified atom stereocenters. The highest BCUT2D eigenvalue weighted by molar-refractivity contribution is 5.86. The molecule has 6 nitrogen and oxygen atoms in total. The van der Waals surface area contributed by atoms with Gasteiger partial charge in [-0.05, 0) is 30.0 Å². The number of carbonyl (C=O) groups excluding carboxylic acids is 2. The van der Waals surface area contributed by atoms with Gasteiger partial charge in [0, 0.05) is 6.54 Å². The van der Waals surface area contributed by atoms with Crippen LogP contribution in [0.25, 0.3) is 0 Å². The predicted molar refractivity (Wildman–Crippen MR) is 81.1 cm³/mol. The lowest BCUT2D eigenvalue weighted by Gasteiger charge is -2.20. The Labute approximate surface area is 125 Å². The number of carbonyl (C=O) groups is 2. The number of hydrogen-bond acceptors (Lipinski definition) is 3. The number of hydrogen-bond donors (Lipinski definition) is 3. The molecule has 0 saturated carbocycles. The number of nitrogens with one attached hydrogen (secondary N) is 2. The molecule has 1 aromatic rings. The second-order valence-electron chi connectivity index (χ2n) is 5.12. The molecule has 0 aliphatic heterocycles. The van der Waals surface area contributed by atoms with Gasteiger partial charge in [-0.3, -0.25) is 4.79 Å². The Morgan fingerprint density at radius 3 is 2.33 bits per heavy atom. The molecule has 0 aliphatic rings. The number of ether oxygens (including phenoxy) is 1. The highest BCUT2D eigenvalue weighted by Gasteiger charge is 2.22. The molecular weight excluding hydrogens is 270 g/mol.